The van der Waals surface area contributed by atoms with Gasteiger partial charge >= 0.3 is 30.6 Å². The Labute approximate surface area is 181 Å². The number of carbonyl (C=O) groups excluding carboxylic acids is 1. The lowest BCUT2D eigenvalue weighted by molar-refractivity contribution is -0.308. The second-order valence-electron chi connectivity index (χ2n) is 7.04. The molecule has 1 aromatic rings. The zero-order valence-electron chi connectivity index (χ0n) is 17.1. The molecule has 15 heteroatoms. The van der Waals surface area contributed by atoms with Gasteiger partial charge in [-0.15, -0.1) is 0 Å². The smallest absolute Gasteiger partial charge is 0.434 e. The van der Waals surface area contributed by atoms with Gasteiger partial charge in [-0.05, 0) is 37.7 Å². The van der Waals surface area contributed by atoms with Crippen molar-refractivity contribution in [2.45, 2.75) is 37.6 Å². The van der Waals surface area contributed by atoms with E-state index in [-0.39, 0.29) is 31.6 Å². The first-order valence-corrected chi connectivity index (χ1v) is 9.01. The molecular formula is C18H19F9N2O4. The van der Waals surface area contributed by atoms with Gasteiger partial charge in [-0.1, -0.05) is 6.07 Å². The molecule has 1 N–H and O–H groups in total. The van der Waals surface area contributed by atoms with Gasteiger partial charge in [-0.25, -0.2) is 9.59 Å². The Hall–Kier alpha value is -2.71. The summed E-state index contributed by atoms with van der Waals surface area (Å²) in [6.07, 6.45) is -22.7. The lowest BCUT2D eigenvalue weighted by atomic mass is 10.0. The fourth-order valence-electron chi connectivity index (χ4n) is 2.68. The molecular weight excluding hydrogens is 479 g/mol. The van der Waals surface area contributed by atoms with E-state index in [1.807, 2.05) is 0 Å². The molecule has 0 aliphatic carbocycles. The van der Waals surface area contributed by atoms with Crippen LogP contribution in [0.25, 0.3) is 0 Å². The van der Waals surface area contributed by atoms with Gasteiger partial charge in [0.25, 0.3) is 6.10 Å². The summed E-state index contributed by atoms with van der Waals surface area (Å²) in [4.78, 5) is 24.5. The van der Waals surface area contributed by atoms with Crippen molar-refractivity contribution < 1.29 is 58.9 Å². The fourth-order valence-corrected chi connectivity index (χ4v) is 2.68. The first-order chi connectivity index (χ1) is 14.8. The third-order valence-electron chi connectivity index (χ3n) is 4.23. The van der Waals surface area contributed by atoms with Gasteiger partial charge in [0.2, 0.25) is 0 Å². The molecule has 0 unspecified atom stereocenters. The van der Waals surface area contributed by atoms with Crippen molar-refractivity contribution >= 4 is 12.1 Å². The van der Waals surface area contributed by atoms with Crippen LogP contribution in [-0.4, -0.2) is 72.6 Å². The van der Waals surface area contributed by atoms with Crippen LogP contribution >= 0.6 is 0 Å². The molecule has 188 valence electrons. The quantitative estimate of drug-likeness (QED) is 0.523. The van der Waals surface area contributed by atoms with E-state index in [0.29, 0.717) is 11.0 Å². The van der Waals surface area contributed by atoms with Gasteiger partial charge in [0.05, 0.1) is 11.1 Å². The predicted octanol–water partition coefficient (Wildman–Crippen LogP) is 4.79. The summed E-state index contributed by atoms with van der Waals surface area (Å²) in [5, 5.41) is 8.88. The van der Waals surface area contributed by atoms with Crippen molar-refractivity contribution in [3.63, 3.8) is 0 Å². The van der Waals surface area contributed by atoms with E-state index in [1.165, 1.54) is 18.0 Å². The monoisotopic (exact) mass is 498 g/mol. The predicted molar refractivity (Wildman–Crippen MR) is 94.4 cm³/mol. The van der Waals surface area contributed by atoms with Crippen molar-refractivity contribution in [2.75, 3.05) is 27.2 Å². The zero-order chi connectivity index (χ0) is 25.8. The van der Waals surface area contributed by atoms with Gasteiger partial charge in [-0.3, -0.25) is 0 Å². The number of carbonyl (C=O) groups is 2. The molecule has 0 spiro atoms. The van der Waals surface area contributed by atoms with Gasteiger partial charge in [0.15, 0.2) is 0 Å². The maximum Gasteiger partial charge on any atom is 0.434 e. The highest BCUT2D eigenvalue weighted by atomic mass is 19.4. The summed E-state index contributed by atoms with van der Waals surface area (Å²) in [5.74, 6) is -1.75. The highest BCUT2D eigenvalue weighted by Crippen LogP contribution is 2.36. The number of rotatable bonds is 8. The third-order valence-corrected chi connectivity index (χ3v) is 4.23. The molecule has 0 atom stereocenters. The largest absolute Gasteiger partial charge is 0.478 e. The molecule has 0 bridgehead atoms. The Balaban J connectivity index is 2.67. The maximum atomic E-state index is 13.1. The molecule has 1 rings (SSSR count). The van der Waals surface area contributed by atoms with Crippen LogP contribution in [0.1, 0.15) is 27.9 Å². The number of halogens is 9. The number of nitrogens with zero attached hydrogens (tertiary/aromatic N) is 2. The van der Waals surface area contributed by atoms with Crippen LogP contribution in [0.3, 0.4) is 0 Å². The molecule has 1 aromatic carbocycles. The Morgan fingerprint density at radius 1 is 0.970 bits per heavy atom. The summed E-state index contributed by atoms with van der Waals surface area (Å²) in [6, 6.07) is 2.64. The van der Waals surface area contributed by atoms with Crippen LogP contribution in [0.4, 0.5) is 44.3 Å². The minimum atomic E-state index is -5.85. The molecule has 0 fully saturated rings. The molecule has 0 radical (unpaired) electrons. The summed E-state index contributed by atoms with van der Waals surface area (Å²) in [7, 11) is 2.38. The Morgan fingerprint density at radius 3 is 1.97 bits per heavy atom. The highest BCUT2D eigenvalue weighted by Gasteiger charge is 2.60. The number of hydrogen-bond acceptors (Lipinski definition) is 4. The molecule has 1 amide bonds. The van der Waals surface area contributed by atoms with Crippen molar-refractivity contribution in [2.24, 2.45) is 0 Å². The standard InChI is InChI=1S/C18H19F9N2O4/c1-28(9-10-4-5-11(13(30)31)12(8-10)16(19,20)21)6-3-7-29(2)15(32)33-14(17(22,23)24)18(25,26)27/h4-5,8,14H,3,6-7,9H2,1-2H3,(H,30,31). The molecule has 0 saturated heterocycles. The SMILES string of the molecule is CN(CCCN(C)C(=O)OC(C(F)(F)F)C(F)(F)F)Cc1ccc(C(=O)O)c(C(F)(F)F)c1. The number of carboxylic acids is 1. The van der Waals surface area contributed by atoms with E-state index in [9.17, 15) is 49.1 Å². The minimum Gasteiger partial charge on any atom is -0.478 e. The van der Waals surface area contributed by atoms with E-state index >= 15 is 0 Å². The second-order valence-corrected chi connectivity index (χ2v) is 7.04. The number of aromatic carboxylic acids is 1. The summed E-state index contributed by atoms with van der Waals surface area (Å²) >= 11 is 0. The lowest BCUT2D eigenvalue weighted by Gasteiger charge is -2.26. The number of carboxylic acid groups (broad SMARTS) is 1. The van der Waals surface area contributed by atoms with E-state index in [0.717, 1.165) is 13.1 Å². The molecule has 0 saturated carbocycles. The fraction of sp³-hybridized carbons (Fsp3) is 0.556. The maximum absolute atomic E-state index is 13.1. The first-order valence-electron chi connectivity index (χ1n) is 9.01. The van der Waals surface area contributed by atoms with Crippen LogP contribution in [-0.2, 0) is 17.5 Å². The van der Waals surface area contributed by atoms with Gasteiger partial charge in [-0.2, -0.15) is 39.5 Å². The van der Waals surface area contributed by atoms with Crippen molar-refractivity contribution in [3.05, 3.63) is 34.9 Å². The normalized spacial score (nSPS) is 12.9. The average Bonchev–Trinajstić information content (AvgIpc) is 2.62. The lowest BCUT2D eigenvalue weighted by Crippen LogP contribution is -2.47. The number of benzene rings is 1. The molecule has 0 heterocycles. The number of alkyl halides is 9. The van der Waals surface area contributed by atoms with Gasteiger partial charge < -0.3 is 19.6 Å². The third kappa shape index (κ3) is 8.63. The van der Waals surface area contributed by atoms with E-state index < -0.39 is 47.8 Å². The Kier molecular flexibility index (Phi) is 9.00. The van der Waals surface area contributed by atoms with E-state index in [1.54, 1.807) is 0 Å². The van der Waals surface area contributed by atoms with Gasteiger partial charge in [0.1, 0.15) is 0 Å². The average molecular weight is 498 g/mol. The van der Waals surface area contributed by atoms with Crippen LogP contribution in [0, 0.1) is 0 Å². The summed E-state index contributed by atoms with van der Waals surface area (Å²) in [6.45, 7) is -0.305. The van der Waals surface area contributed by atoms with Crippen LogP contribution in [0.5, 0.6) is 0 Å². The Morgan fingerprint density at radius 2 is 1.52 bits per heavy atom. The Bertz CT molecular complexity index is 824. The van der Waals surface area contributed by atoms with Crippen molar-refractivity contribution in [1.82, 2.24) is 9.80 Å². The molecule has 33 heavy (non-hydrogen) atoms. The minimum absolute atomic E-state index is 0.0319. The van der Waals surface area contributed by atoms with Crippen LogP contribution < -0.4 is 0 Å². The second kappa shape index (κ2) is 10.5. The highest BCUT2D eigenvalue weighted by molar-refractivity contribution is 5.89. The van der Waals surface area contributed by atoms with Gasteiger partial charge in [0, 0.05) is 20.1 Å². The number of amides is 1. The van der Waals surface area contributed by atoms with Crippen LogP contribution in [0.15, 0.2) is 18.2 Å². The molecule has 0 aliphatic rings. The topological polar surface area (TPSA) is 70.1 Å². The summed E-state index contributed by atoms with van der Waals surface area (Å²) < 4.78 is 117. The van der Waals surface area contributed by atoms with Crippen LogP contribution in [0.2, 0.25) is 0 Å². The molecule has 6 nitrogen and oxygen atoms in total. The summed E-state index contributed by atoms with van der Waals surface area (Å²) in [5.41, 5.74) is -2.15. The van der Waals surface area contributed by atoms with E-state index in [4.69, 9.17) is 5.11 Å². The number of hydrogen-bond donors (Lipinski definition) is 1. The zero-order valence-corrected chi connectivity index (χ0v) is 17.1. The van der Waals surface area contributed by atoms with Crippen molar-refractivity contribution in [1.29, 1.82) is 0 Å². The molecule has 0 aromatic heterocycles. The number of ether oxygens (including phenoxy) is 1. The first kappa shape index (κ1) is 28.3. The van der Waals surface area contributed by atoms with E-state index in [2.05, 4.69) is 4.74 Å². The molecule has 0 aliphatic heterocycles. The van der Waals surface area contributed by atoms with Crippen molar-refractivity contribution in [3.8, 4) is 0 Å².